The van der Waals surface area contributed by atoms with Crippen LogP contribution in [-0.4, -0.2) is 29.8 Å². The fourth-order valence-electron chi connectivity index (χ4n) is 1.86. The molecule has 17 heavy (non-hydrogen) atoms. The van der Waals surface area contributed by atoms with Gasteiger partial charge in [-0.05, 0) is 54.6 Å². The van der Waals surface area contributed by atoms with Crippen LogP contribution in [0.3, 0.4) is 0 Å². The maximum Gasteiger partial charge on any atom is 0.270 e. The molecular weight excluding hydrogens is 333 g/mol. The monoisotopic (exact) mass is 347 g/mol. The summed E-state index contributed by atoms with van der Waals surface area (Å²) in [4.78, 5) is 13.8. The van der Waals surface area contributed by atoms with Crippen LogP contribution in [0.15, 0.2) is 18.2 Å². The molecule has 0 aromatic heterocycles. The van der Waals surface area contributed by atoms with Gasteiger partial charge in [0.1, 0.15) is 5.75 Å². The van der Waals surface area contributed by atoms with Gasteiger partial charge in [0.05, 0.1) is 12.3 Å². The number of anilines is 1. The van der Waals surface area contributed by atoms with E-state index in [1.165, 1.54) is 0 Å². The Labute approximate surface area is 114 Å². The van der Waals surface area contributed by atoms with Gasteiger partial charge in [-0.25, -0.2) is 0 Å². The number of hydrogen-bond donors (Lipinski definition) is 1. The van der Waals surface area contributed by atoms with Gasteiger partial charge in [0.25, 0.3) is 5.91 Å². The smallest absolute Gasteiger partial charge is 0.270 e. The van der Waals surface area contributed by atoms with E-state index in [4.69, 9.17) is 9.84 Å². The minimum Gasteiger partial charge on any atom is -0.476 e. The number of nitrogens with zero attached hydrogens (tertiary/aromatic N) is 1. The number of halogens is 1. The largest absolute Gasteiger partial charge is 0.476 e. The van der Waals surface area contributed by atoms with E-state index in [0.29, 0.717) is 12.3 Å². The number of aliphatic hydroxyl groups excluding tert-OH is 1. The summed E-state index contributed by atoms with van der Waals surface area (Å²) in [5.74, 6) is 0.560. The summed E-state index contributed by atoms with van der Waals surface area (Å²) in [6.45, 7) is 3.70. The summed E-state index contributed by atoms with van der Waals surface area (Å²) < 4.78 is 6.72. The average molecular weight is 347 g/mol. The Morgan fingerprint density at radius 3 is 2.82 bits per heavy atom. The molecule has 4 nitrogen and oxygen atoms in total. The van der Waals surface area contributed by atoms with E-state index < -0.39 is 5.60 Å². The Kier molecular flexibility index (Phi) is 3.31. The summed E-state index contributed by atoms with van der Waals surface area (Å²) in [5, 5.41) is 9.06. The van der Waals surface area contributed by atoms with Gasteiger partial charge in [0.15, 0.2) is 5.60 Å². The predicted molar refractivity (Wildman–Crippen MR) is 73.3 cm³/mol. The molecule has 1 heterocycles. The number of carbonyl (C=O) groups excluding carboxylic acids is 1. The first-order valence-electron chi connectivity index (χ1n) is 5.37. The van der Waals surface area contributed by atoms with Crippen LogP contribution in [0.5, 0.6) is 5.75 Å². The van der Waals surface area contributed by atoms with Crippen LogP contribution in [0.4, 0.5) is 5.69 Å². The van der Waals surface area contributed by atoms with Gasteiger partial charge in [-0.15, -0.1) is 0 Å². The molecule has 1 aliphatic rings. The first-order valence-corrected chi connectivity index (χ1v) is 6.45. The lowest BCUT2D eigenvalue weighted by molar-refractivity contribution is -0.132. The van der Waals surface area contributed by atoms with Crippen LogP contribution in [-0.2, 0) is 4.79 Å². The number of ether oxygens (including phenoxy) is 1. The Morgan fingerprint density at radius 1 is 1.47 bits per heavy atom. The Hall–Kier alpha value is -0.820. The highest BCUT2D eigenvalue weighted by molar-refractivity contribution is 14.1. The number of aliphatic hydroxyl groups is 1. The summed E-state index contributed by atoms with van der Waals surface area (Å²) >= 11 is 2.18. The van der Waals surface area contributed by atoms with E-state index in [9.17, 15) is 4.79 Å². The molecule has 92 valence electrons. The molecule has 0 spiro atoms. The SMILES string of the molecule is CC1(C)Oc2ccc(I)cc2N(CCO)C1=O. The third kappa shape index (κ3) is 2.26. The van der Waals surface area contributed by atoms with Crippen LogP contribution >= 0.6 is 22.6 Å². The molecule has 0 saturated heterocycles. The fourth-order valence-corrected chi connectivity index (χ4v) is 2.34. The van der Waals surface area contributed by atoms with Crippen LogP contribution in [0.25, 0.3) is 0 Å². The van der Waals surface area contributed by atoms with Crippen molar-refractivity contribution in [3.63, 3.8) is 0 Å². The average Bonchev–Trinajstić information content (AvgIpc) is 2.26. The summed E-state index contributed by atoms with van der Waals surface area (Å²) in [6.07, 6.45) is 0. The lowest BCUT2D eigenvalue weighted by Gasteiger charge is -2.38. The number of rotatable bonds is 2. The number of β-amino-alcohol motifs (C(OH)–C–C–N with tert-alkyl or cyclic N) is 1. The quantitative estimate of drug-likeness (QED) is 0.830. The van der Waals surface area contributed by atoms with E-state index >= 15 is 0 Å². The molecule has 0 fully saturated rings. The zero-order valence-corrected chi connectivity index (χ0v) is 11.9. The third-order valence-electron chi connectivity index (χ3n) is 2.66. The maximum atomic E-state index is 12.2. The van der Waals surface area contributed by atoms with Gasteiger partial charge in [-0.2, -0.15) is 0 Å². The van der Waals surface area contributed by atoms with Gasteiger partial charge in [-0.1, -0.05) is 0 Å². The molecule has 5 heteroatoms. The molecule has 1 N–H and O–H groups in total. The summed E-state index contributed by atoms with van der Waals surface area (Å²) in [7, 11) is 0. The number of benzene rings is 1. The standard InChI is InChI=1S/C12H14INO3/c1-12(2)11(16)14(5-6-15)9-7-8(13)3-4-10(9)17-12/h3-4,7,15H,5-6H2,1-2H3. The topological polar surface area (TPSA) is 49.8 Å². The second-order valence-electron chi connectivity index (χ2n) is 4.40. The number of carbonyl (C=O) groups is 1. The molecule has 0 radical (unpaired) electrons. The van der Waals surface area contributed by atoms with Gasteiger partial charge in [-0.3, -0.25) is 4.79 Å². The minimum atomic E-state index is -0.880. The highest BCUT2D eigenvalue weighted by Gasteiger charge is 2.40. The fraction of sp³-hybridized carbons (Fsp3) is 0.417. The van der Waals surface area contributed by atoms with Crippen molar-refractivity contribution in [2.24, 2.45) is 0 Å². The number of amides is 1. The van der Waals surface area contributed by atoms with Crippen molar-refractivity contribution < 1.29 is 14.6 Å². The third-order valence-corrected chi connectivity index (χ3v) is 3.33. The molecule has 1 aromatic rings. The van der Waals surface area contributed by atoms with Crippen molar-refractivity contribution in [3.05, 3.63) is 21.8 Å². The van der Waals surface area contributed by atoms with E-state index in [-0.39, 0.29) is 12.5 Å². The highest BCUT2D eigenvalue weighted by Crippen LogP contribution is 2.38. The van der Waals surface area contributed by atoms with E-state index in [1.807, 2.05) is 18.2 Å². The normalized spacial score (nSPS) is 17.6. The van der Waals surface area contributed by atoms with Crippen LogP contribution in [0.2, 0.25) is 0 Å². The lowest BCUT2D eigenvalue weighted by Crippen LogP contribution is -2.53. The van der Waals surface area contributed by atoms with Crippen molar-refractivity contribution in [2.75, 3.05) is 18.1 Å². The van der Waals surface area contributed by atoms with Crippen LogP contribution in [0.1, 0.15) is 13.8 Å². The Balaban J connectivity index is 2.51. The highest BCUT2D eigenvalue weighted by atomic mass is 127. The van der Waals surface area contributed by atoms with E-state index in [1.54, 1.807) is 18.7 Å². The Morgan fingerprint density at radius 2 is 2.18 bits per heavy atom. The molecule has 1 aliphatic heterocycles. The molecule has 0 unspecified atom stereocenters. The molecule has 0 aliphatic carbocycles. The minimum absolute atomic E-state index is 0.0628. The van der Waals surface area contributed by atoms with Crippen molar-refractivity contribution in [3.8, 4) is 5.75 Å². The molecule has 0 bridgehead atoms. The van der Waals surface area contributed by atoms with Crippen molar-refractivity contribution >= 4 is 34.2 Å². The summed E-state index contributed by atoms with van der Waals surface area (Å²) in [5.41, 5.74) is -0.148. The zero-order chi connectivity index (χ0) is 12.6. The van der Waals surface area contributed by atoms with Gasteiger partial charge in [0.2, 0.25) is 0 Å². The van der Waals surface area contributed by atoms with Crippen molar-refractivity contribution in [1.82, 2.24) is 0 Å². The first-order chi connectivity index (χ1) is 7.95. The Bertz CT molecular complexity index is 459. The van der Waals surface area contributed by atoms with Gasteiger partial charge >= 0.3 is 0 Å². The second-order valence-corrected chi connectivity index (χ2v) is 5.65. The van der Waals surface area contributed by atoms with E-state index in [2.05, 4.69) is 22.6 Å². The maximum absolute atomic E-state index is 12.2. The van der Waals surface area contributed by atoms with Gasteiger partial charge < -0.3 is 14.7 Å². The molecular formula is C12H14INO3. The number of fused-ring (bicyclic) bond motifs is 1. The van der Waals surface area contributed by atoms with Gasteiger partial charge in [0, 0.05) is 10.1 Å². The van der Waals surface area contributed by atoms with Crippen molar-refractivity contribution in [1.29, 1.82) is 0 Å². The number of hydrogen-bond acceptors (Lipinski definition) is 3. The van der Waals surface area contributed by atoms with Crippen LogP contribution < -0.4 is 9.64 Å². The van der Waals surface area contributed by atoms with Crippen molar-refractivity contribution in [2.45, 2.75) is 19.4 Å². The van der Waals surface area contributed by atoms with E-state index in [0.717, 1.165) is 9.26 Å². The molecule has 0 atom stereocenters. The lowest BCUT2D eigenvalue weighted by atomic mass is 10.0. The van der Waals surface area contributed by atoms with Crippen LogP contribution in [0, 0.1) is 3.57 Å². The molecule has 2 rings (SSSR count). The zero-order valence-electron chi connectivity index (χ0n) is 9.74. The second kappa shape index (κ2) is 4.45. The predicted octanol–water partition coefficient (Wildman–Crippen LogP) is 1.79. The first kappa shape index (κ1) is 12.6. The molecule has 1 amide bonds. The molecule has 0 saturated carbocycles. The molecule has 1 aromatic carbocycles. The summed E-state index contributed by atoms with van der Waals surface area (Å²) in [6, 6.07) is 5.68.